The third kappa shape index (κ3) is 3.08. The van der Waals surface area contributed by atoms with Gasteiger partial charge in [0.15, 0.2) is 5.82 Å². The number of nitrogens with one attached hydrogen (secondary N) is 1. The first-order valence-electron chi connectivity index (χ1n) is 8.45. The minimum atomic E-state index is 0.0762. The molecule has 0 amide bonds. The first-order valence-corrected chi connectivity index (χ1v) is 8.45. The second-order valence-electron chi connectivity index (χ2n) is 7.34. The standard InChI is InChI=1S/C19H26N4O/c1-6-24-11-15-22-16-17(23(15)12-19(2,3)4)13-9-7-8-10-14(13)21-18(16)20-5/h7-10,15,22H,5-6,11-12H2,1-4H3. The number of aliphatic imine (C=N–C) groups is 1. The third-order valence-electron chi connectivity index (χ3n) is 4.09. The lowest BCUT2D eigenvalue weighted by atomic mass is 9.95. The van der Waals surface area contributed by atoms with E-state index in [2.05, 4.69) is 59.8 Å². The number of fused-ring (bicyclic) bond motifs is 3. The average molecular weight is 326 g/mol. The largest absolute Gasteiger partial charge is 0.378 e. The van der Waals surface area contributed by atoms with E-state index in [-0.39, 0.29) is 11.6 Å². The summed E-state index contributed by atoms with van der Waals surface area (Å²) < 4.78 is 5.71. The van der Waals surface area contributed by atoms with E-state index in [9.17, 15) is 0 Å². The van der Waals surface area contributed by atoms with Crippen molar-refractivity contribution in [2.24, 2.45) is 10.4 Å². The highest BCUT2D eigenvalue weighted by Gasteiger charge is 2.35. The van der Waals surface area contributed by atoms with Crippen molar-refractivity contribution in [2.45, 2.75) is 33.9 Å². The molecule has 128 valence electrons. The van der Waals surface area contributed by atoms with Crippen LogP contribution in [-0.4, -0.2) is 37.6 Å². The molecule has 0 fully saturated rings. The normalized spacial score (nSPS) is 17.0. The fourth-order valence-electron chi connectivity index (χ4n) is 3.19. The second kappa shape index (κ2) is 6.40. The molecule has 2 heterocycles. The number of hydrogen-bond acceptors (Lipinski definition) is 5. The van der Waals surface area contributed by atoms with Gasteiger partial charge in [-0.2, -0.15) is 0 Å². The molecule has 1 N–H and O–H groups in total. The van der Waals surface area contributed by atoms with Crippen molar-refractivity contribution in [3.8, 4) is 0 Å². The minimum absolute atomic E-state index is 0.0762. The Hall–Kier alpha value is -2.14. The Balaban J connectivity index is 2.15. The molecule has 2 aromatic rings. The molecule has 0 radical (unpaired) electrons. The van der Waals surface area contributed by atoms with E-state index in [0.717, 1.165) is 28.8 Å². The molecular weight excluding hydrogens is 300 g/mol. The minimum Gasteiger partial charge on any atom is -0.378 e. The molecule has 5 nitrogen and oxygen atoms in total. The highest BCUT2D eigenvalue weighted by atomic mass is 16.5. The van der Waals surface area contributed by atoms with Crippen LogP contribution in [0.25, 0.3) is 10.9 Å². The molecule has 1 aliphatic rings. The summed E-state index contributed by atoms with van der Waals surface area (Å²) in [6.45, 7) is 14.7. The zero-order valence-corrected chi connectivity index (χ0v) is 15.0. The van der Waals surface area contributed by atoms with Crippen molar-refractivity contribution in [2.75, 3.05) is 30.0 Å². The fourth-order valence-corrected chi connectivity index (χ4v) is 3.19. The highest BCUT2D eigenvalue weighted by molar-refractivity contribution is 6.04. The van der Waals surface area contributed by atoms with E-state index in [1.165, 1.54) is 0 Å². The summed E-state index contributed by atoms with van der Waals surface area (Å²) in [5, 5.41) is 4.69. The van der Waals surface area contributed by atoms with Crippen LogP contribution in [-0.2, 0) is 4.74 Å². The topological polar surface area (TPSA) is 49.8 Å². The maximum atomic E-state index is 5.71. The molecule has 0 spiro atoms. The van der Waals surface area contributed by atoms with E-state index < -0.39 is 0 Å². The van der Waals surface area contributed by atoms with Gasteiger partial charge < -0.3 is 15.0 Å². The van der Waals surface area contributed by atoms with E-state index in [4.69, 9.17) is 4.74 Å². The maximum Gasteiger partial charge on any atom is 0.177 e. The van der Waals surface area contributed by atoms with Crippen molar-refractivity contribution in [3.63, 3.8) is 0 Å². The Kier molecular flexibility index (Phi) is 4.45. The van der Waals surface area contributed by atoms with Crippen LogP contribution >= 0.6 is 0 Å². The average Bonchev–Trinajstić information content (AvgIpc) is 2.89. The van der Waals surface area contributed by atoms with E-state index in [1.807, 2.05) is 19.1 Å². The first kappa shape index (κ1) is 16.7. The van der Waals surface area contributed by atoms with Gasteiger partial charge in [0.2, 0.25) is 0 Å². The summed E-state index contributed by atoms with van der Waals surface area (Å²) in [5.41, 5.74) is 3.21. The summed E-state index contributed by atoms with van der Waals surface area (Å²) in [6.07, 6.45) is 0.0762. The maximum absolute atomic E-state index is 5.71. The summed E-state index contributed by atoms with van der Waals surface area (Å²) >= 11 is 0. The van der Waals surface area contributed by atoms with Crippen LogP contribution in [0, 0.1) is 5.41 Å². The van der Waals surface area contributed by atoms with Gasteiger partial charge in [0.25, 0.3) is 0 Å². The third-order valence-corrected chi connectivity index (χ3v) is 4.09. The molecule has 24 heavy (non-hydrogen) atoms. The molecule has 3 rings (SSSR count). The smallest absolute Gasteiger partial charge is 0.177 e. The number of nitrogens with zero attached hydrogens (tertiary/aromatic N) is 3. The Morgan fingerprint density at radius 2 is 2.08 bits per heavy atom. The second-order valence-corrected chi connectivity index (χ2v) is 7.34. The summed E-state index contributed by atoms with van der Waals surface area (Å²) in [7, 11) is 0. The zero-order chi connectivity index (χ0) is 17.3. The van der Waals surface area contributed by atoms with Crippen molar-refractivity contribution >= 4 is 34.8 Å². The molecule has 5 heteroatoms. The number of anilines is 2. The fraction of sp³-hybridized carbons (Fsp3) is 0.474. The van der Waals surface area contributed by atoms with Gasteiger partial charge in [-0.25, -0.2) is 9.98 Å². The van der Waals surface area contributed by atoms with Gasteiger partial charge in [-0.1, -0.05) is 39.0 Å². The number of benzene rings is 1. The molecule has 0 saturated heterocycles. The van der Waals surface area contributed by atoms with Gasteiger partial charge >= 0.3 is 0 Å². The number of rotatable bonds is 5. The predicted octanol–water partition coefficient (Wildman–Crippen LogP) is 4.21. The van der Waals surface area contributed by atoms with Gasteiger partial charge in [0, 0.05) is 18.5 Å². The molecule has 1 atom stereocenters. The Bertz CT molecular complexity index is 751. The Labute approximate surface area is 143 Å². The van der Waals surface area contributed by atoms with E-state index >= 15 is 0 Å². The highest BCUT2D eigenvalue weighted by Crippen LogP contribution is 2.46. The van der Waals surface area contributed by atoms with Crippen LogP contribution in [0.4, 0.5) is 17.2 Å². The van der Waals surface area contributed by atoms with E-state index in [1.54, 1.807) is 0 Å². The number of ether oxygens (including phenoxy) is 1. The van der Waals surface area contributed by atoms with Crippen LogP contribution in [0.5, 0.6) is 0 Å². The van der Waals surface area contributed by atoms with Crippen LogP contribution in [0.2, 0.25) is 0 Å². The lowest BCUT2D eigenvalue weighted by Gasteiger charge is -2.33. The van der Waals surface area contributed by atoms with Crippen molar-refractivity contribution in [1.82, 2.24) is 4.98 Å². The van der Waals surface area contributed by atoms with Crippen molar-refractivity contribution < 1.29 is 4.74 Å². The quantitative estimate of drug-likeness (QED) is 0.836. The molecule has 1 unspecified atom stereocenters. The lowest BCUT2D eigenvalue weighted by molar-refractivity contribution is 0.136. The van der Waals surface area contributed by atoms with Gasteiger partial charge in [-0.05, 0) is 25.1 Å². The van der Waals surface area contributed by atoms with Crippen molar-refractivity contribution in [1.29, 1.82) is 0 Å². The Morgan fingerprint density at radius 1 is 1.33 bits per heavy atom. The monoisotopic (exact) mass is 326 g/mol. The Morgan fingerprint density at radius 3 is 2.75 bits per heavy atom. The summed E-state index contributed by atoms with van der Waals surface area (Å²) in [5.74, 6) is 0.654. The number of para-hydroxylation sites is 1. The van der Waals surface area contributed by atoms with Crippen molar-refractivity contribution in [3.05, 3.63) is 24.3 Å². The molecule has 0 aliphatic carbocycles. The summed E-state index contributed by atoms with van der Waals surface area (Å²) in [6, 6.07) is 8.20. The predicted molar refractivity (Wildman–Crippen MR) is 102 cm³/mol. The summed E-state index contributed by atoms with van der Waals surface area (Å²) in [4.78, 5) is 11.2. The molecule has 0 bridgehead atoms. The number of pyridine rings is 1. The lowest BCUT2D eigenvalue weighted by Crippen LogP contribution is -2.43. The van der Waals surface area contributed by atoms with Gasteiger partial charge in [0.05, 0.1) is 17.8 Å². The van der Waals surface area contributed by atoms with Crippen LogP contribution in [0.15, 0.2) is 29.3 Å². The number of aromatic nitrogens is 1. The first-order chi connectivity index (χ1) is 11.4. The molecule has 1 aromatic carbocycles. The molecule has 1 aromatic heterocycles. The zero-order valence-electron chi connectivity index (χ0n) is 15.0. The van der Waals surface area contributed by atoms with Crippen LogP contribution < -0.4 is 10.2 Å². The molecular formula is C19H26N4O. The van der Waals surface area contributed by atoms with E-state index in [0.29, 0.717) is 19.0 Å². The van der Waals surface area contributed by atoms with Gasteiger partial charge in [0.1, 0.15) is 11.9 Å². The van der Waals surface area contributed by atoms with Crippen LogP contribution in [0.3, 0.4) is 0 Å². The SMILES string of the molecule is C=Nc1nc2ccccc2c2c1NC(COCC)N2CC(C)(C)C. The molecule has 1 aliphatic heterocycles. The molecule has 0 saturated carbocycles. The number of hydrogen-bond donors (Lipinski definition) is 1. The van der Waals surface area contributed by atoms with Gasteiger partial charge in [-0.15, -0.1) is 0 Å². The van der Waals surface area contributed by atoms with Gasteiger partial charge in [-0.3, -0.25) is 0 Å². The van der Waals surface area contributed by atoms with Crippen LogP contribution in [0.1, 0.15) is 27.7 Å².